The highest BCUT2D eigenvalue weighted by Gasteiger charge is 2.25. The normalized spacial score (nSPS) is 17.8. The Morgan fingerprint density at radius 2 is 1.57 bits per heavy atom. The van der Waals surface area contributed by atoms with Crippen molar-refractivity contribution in [1.29, 1.82) is 0 Å². The fourth-order valence-corrected chi connectivity index (χ4v) is 4.72. The van der Waals surface area contributed by atoms with Gasteiger partial charge in [0.25, 0.3) is 6.43 Å². The number of hydrogen-bond donors (Lipinski definition) is 0. The third-order valence-electron chi connectivity index (χ3n) is 5.34. The smallest absolute Gasteiger partial charge is 0.296 e. The lowest BCUT2D eigenvalue weighted by Gasteiger charge is -2.31. The van der Waals surface area contributed by atoms with E-state index in [1.54, 1.807) is 18.2 Å². The van der Waals surface area contributed by atoms with E-state index in [9.17, 15) is 8.78 Å². The zero-order valence-corrected chi connectivity index (χ0v) is 17.2. The Bertz CT molecular complexity index is 997. The summed E-state index contributed by atoms with van der Waals surface area (Å²) in [5.74, 6) is 3.42. The fourth-order valence-electron chi connectivity index (χ4n) is 3.82. The molecule has 7 nitrogen and oxygen atoms in total. The number of nitrogens with zero attached hydrogens (tertiary/aromatic N) is 6. The van der Waals surface area contributed by atoms with Gasteiger partial charge in [-0.1, -0.05) is 12.1 Å². The predicted molar refractivity (Wildman–Crippen MR) is 114 cm³/mol. The number of halogens is 2. The van der Waals surface area contributed by atoms with E-state index in [0.717, 1.165) is 36.2 Å². The number of fused-ring (bicyclic) bond motifs is 1. The molecule has 10 heteroatoms. The summed E-state index contributed by atoms with van der Waals surface area (Å²) in [5.41, 5.74) is 1.08. The molecular weight excluding hydrogens is 410 g/mol. The van der Waals surface area contributed by atoms with E-state index >= 15 is 0 Å². The van der Waals surface area contributed by atoms with Crippen molar-refractivity contribution in [2.75, 3.05) is 60.7 Å². The Morgan fingerprint density at radius 1 is 0.900 bits per heavy atom. The van der Waals surface area contributed by atoms with Gasteiger partial charge in [0, 0.05) is 43.8 Å². The van der Waals surface area contributed by atoms with E-state index in [2.05, 4.69) is 14.8 Å². The molecule has 0 spiro atoms. The van der Waals surface area contributed by atoms with E-state index in [1.807, 2.05) is 23.9 Å². The fraction of sp³-hybridized carbons (Fsp3) is 0.450. The summed E-state index contributed by atoms with van der Waals surface area (Å²) in [4.78, 5) is 17.9. The van der Waals surface area contributed by atoms with Crippen LogP contribution < -0.4 is 9.80 Å². The first-order chi connectivity index (χ1) is 14.7. The lowest BCUT2D eigenvalue weighted by Crippen LogP contribution is -2.38. The van der Waals surface area contributed by atoms with Gasteiger partial charge in [-0.3, -0.25) is 4.57 Å². The molecule has 30 heavy (non-hydrogen) atoms. The van der Waals surface area contributed by atoms with Gasteiger partial charge in [-0.05, 0) is 12.1 Å². The van der Waals surface area contributed by atoms with Gasteiger partial charge >= 0.3 is 0 Å². The maximum absolute atomic E-state index is 13.9. The third-order valence-corrected chi connectivity index (χ3v) is 6.28. The third kappa shape index (κ3) is 3.69. The summed E-state index contributed by atoms with van der Waals surface area (Å²) in [5, 5.41) is 0. The Morgan fingerprint density at radius 3 is 2.27 bits per heavy atom. The first-order valence-electron chi connectivity index (χ1n) is 10.0. The molecule has 0 N–H and O–H groups in total. The largest absolute Gasteiger partial charge is 0.378 e. The average molecular weight is 433 g/mol. The summed E-state index contributed by atoms with van der Waals surface area (Å²) in [6, 6.07) is 9.07. The van der Waals surface area contributed by atoms with Crippen molar-refractivity contribution < 1.29 is 13.5 Å². The Kier molecular flexibility index (Phi) is 5.43. The van der Waals surface area contributed by atoms with Gasteiger partial charge in [0.1, 0.15) is 11.6 Å². The van der Waals surface area contributed by atoms with Gasteiger partial charge in [0.15, 0.2) is 5.82 Å². The van der Waals surface area contributed by atoms with Crippen LogP contribution in [0.1, 0.15) is 12.2 Å². The number of morpholine rings is 1. The quantitative estimate of drug-likeness (QED) is 0.628. The van der Waals surface area contributed by atoms with Crippen LogP contribution >= 0.6 is 11.8 Å². The average Bonchev–Trinajstić information content (AvgIpc) is 3.20. The molecule has 158 valence electrons. The molecule has 1 aromatic carbocycles. The lowest BCUT2D eigenvalue weighted by molar-refractivity contribution is 0.122. The predicted octanol–water partition coefficient (Wildman–Crippen LogP) is 3.14. The summed E-state index contributed by atoms with van der Waals surface area (Å²) in [7, 11) is 0. The minimum absolute atomic E-state index is 0.233. The minimum Gasteiger partial charge on any atom is -0.378 e. The van der Waals surface area contributed by atoms with Crippen LogP contribution in [0.4, 0.5) is 20.4 Å². The van der Waals surface area contributed by atoms with E-state index in [4.69, 9.17) is 14.7 Å². The van der Waals surface area contributed by atoms with E-state index in [-0.39, 0.29) is 11.8 Å². The first-order valence-corrected chi connectivity index (χ1v) is 11.2. The lowest BCUT2D eigenvalue weighted by atomic mass is 10.3. The van der Waals surface area contributed by atoms with Crippen molar-refractivity contribution in [3.8, 4) is 5.95 Å². The topological polar surface area (TPSA) is 59.3 Å². The zero-order valence-electron chi connectivity index (χ0n) is 16.4. The summed E-state index contributed by atoms with van der Waals surface area (Å²) in [6.07, 6.45) is -2.73. The highest BCUT2D eigenvalue weighted by molar-refractivity contribution is 7.99. The molecule has 2 fully saturated rings. The van der Waals surface area contributed by atoms with Gasteiger partial charge in [-0.25, -0.2) is 13.8 Å². The van der Waals surface area contributed by atoms with Crippen LogP contribution in [0.3, 0.4) is 0 Å². The molecule has 2 aromatic heterocycles. The molecule has 0 saturated carbocycles. The SMILES string of the molecule is FC(F)c1nc2ccccc2n1-c1nc(N2CCOCC2)cc(N2CCSCC2)n1. The maximum atomic E-state index is 13.9. The molecule has 2 aliphatic heterocycles. The van der Waals surface area contributed by atoms with Gasteiger partial charge in [-0.2, -0.15) is 21.7 Å². The van der Waals surface area contributed by atoms with E-state index in [1.165, 1.54) is 4.57 Å². The standard InChI is InChI=1S/C20H22F2N6OS/c21-18(22)19-23-14-3-1-2-4-15(14)28(19)20-24-16(26-5-9-29-10-6-26)13-17(25-20)27-7-11-30-12-8-27/h1-4,13,18H,5-12H2. The number of alkyl halides is 2. The first kappa shape index (κ1) is 19.5. The van der Waals surface area contributed by atoms with Crippen LogP contribution in [0.5, 0.6) is 0 Å². The van der Waals surface area contributed by atoms with Crippen LogP contribution in [0.15, 0.2) is 30.3 Å². The van der Waals surface area contributed by atoms with Gasteiger partial charge in [-0.15, -0.1) is 0 Å². The molecule has 3 aromatic rings. The number of hydrogen-bond acceptors (Lipinski definition) is 7. The second kappa shape index (κ2) is 8.35. The van der Waals surface area contributed by atoms with Crippen LogP contribution in [-0.4, -0.2) is 70.4 Å². The number of aromatic nitrogens is 4. The van der Waals surface area contributed by atoms with Crippen molar-refractivity contribution >= 4 is 34.4 Å². The number of para-hydroxylation sites is 2. The molecular formula is C20H22F2N6OS. The number of benzene rings is 1. The maximum Gasteiger partial charge on any atom is 0.296 e. The molecule has 0 aliphatic carbocycles. The Labute approximate surface area is 177 Å². The van der Waals surface area contributed by atoms with Gasteiger partial charge < -0.3 is 14.5 Å². The Hall–Kier alpha value is -2.46. The number of anilines is 2. The molecule has 5 rings (SSSR count). The van der Waals surface area contributed by atoms with Crippen LogP contribution in [-0.2, 0) is 4.74 Å². The second-order valence-electron chi connectivity index (χ2n) is 7.18. The Balaban J connectivity index is 1.67. The molecule has 0 amide bonds. The van der Waals surface area contributed by atoms with E-state index in [0.29, 0.717) is 37.3 Å². The molecule has 0 radical (unpaired) electrons. The molecule has 2 saturated heterocycles. The van der Waals surface area contributed by atoms with Crippen molar-refractivity contribution in [2.45, 2.75) is 6.43 Å². The highest BCUT2D eigenvalue weighted by atomic mass is 32.2. The zero-order chi connectivity index (χ0) is 20.5. The van der Waals surface area contributed by atoms with Crippen molar-refractivity contribution in [3.05, 3.63) is 36.2 Å². The van der Waals surface area contributed by atoms with Gasteiger partial charge in [0.05, 0.1) is 24.2 Å². The highest BCUT2D eigenvalue weighted by Crippen LogP contribution is 2.30. The van der Waals surface area contributed by atoms with Crippen LogP contribution in [0.2, 0.25) is 0 Å². The molecule has 4 heterocycles. The van der Waals surface area contributed by atoms with Gasteiger partial charge in [0.2, 0.25) is 5.95 Å². The van der Waals surface area contributed by atoms with Crippen molar-refractivity contribution in [3.63, 3.8) is 0 Å². The summed E-state index contributed by atoms with van der Waals surface area (Å²) >= 11 is 1.91. The number of imidazole rings is 1. The minimum atomic E-state index is -2.73. The van der Waals surface area contributed by atoms with Crippen molar-refractivity contribution in [1.82, 2.24) is 19.5 Å². The van der Waals surface area contributed by atoms with Crippen molar-refractivity contribution in [2.24, 2.45) is 0 Å². The summed E-state index contributed by atoms with van der Waals surface area (Å²) in [6.45, 7) is 4.39. The second-order valence-corrected chi connectivity index (χ2v) is 8.40. The molecule has 0 bridgehead atoms. The monoisotopic (exact) mass is 432 g/mol. The van der Waals surface area contributed by atoms with Crippen LogP contribution in [0, 0.1) is 0 Å². The molecule has 2 aliphatic rings. The molecule has 0 unspecified atom stereocenters. The van der Waals surface area contributed by atoms with Crippen LogP contribution in [0.25, 0.3) is 17.0 Å². The number of ether oxygens (including phenoxy) is 1. The summed E-state index contributed by atoms with van der Waals surface area (Å²) < 4.78 is 34.6. The number of thioether (sulfide) groups is 1. The molecule has 0 atom stereocenters. The number of rotatable bonds is 4. The van der Waals surface area contributed by atoms with E-state index < -0.39 is 6.43 Å².